The van der Waals surface area contributed by atoms with Gasteiger partial charge in [0.15, 0.2) is 11.6 Å². The number of benzene rings is 1. The predicted molar refractivity (Wildman–Crippen MR) is 117 cm³/mol. The third-order valence-electron chi connectivity index (χ3n) is 5.01. The smallest absolute Gasteiger partial charge is 0.271 e. The Kier molecular flexibility index (Phi) is 5.85. The van der Waals surface area contributed by atoms with Gasteiger partial charge in [-0.1, -0.05) is 12.1 Å². The van der Waals surface area contributed by atoms with E-state index in [4.69, 9.17) is 9.47 Å². The highest BCUT2D eigenvalue weighted by Gasteiger charge is 2.25. The van der Waals surface area contributed by atoms with E-state index in [1.54, 1.807) is 19.4 Å². The van der Waals surface area contributed by atoms with Crippen LogP contribution in [0.2, 0.25) is 0 Å². The van der Waals surface area contributed by atoms with Gasteiger partial charge < -0.3 is 24.7 Å². The number of ether oxygens (including phenoxy) is 2. The summed E-state index contributed by atoms with van der Waals surface area (Å²) in [5, 5.41) is 2.82. The summed E-state index contributed by atoms with van der Waals surface area (Å²) in [7, 11) is 1.60. The molecule has 1 fully saturated rings. The van der Waals surface area contributed by atoms with E-state index in [0.717, 1.165) is 23.1 Å². The molecule has 4 rings (SSSR count). The van der Waals surface area contributed by atoms with Crippen LogP contribution in [-0.4, -0.2) is 47.4 Å². The first-order valence-corrected chi connectivity index (χ1v) is 10.00. The number of anilines is 3. The summed E-state index contributed by atoms with van der Waals surface area (Å²) >= 11 is 0. The number of halogens is 1. The number of pyridine rings is 1. The maximum atomic E-state index is 14.5. The Hall–Kier alpha value is -3.46. The van der Waals surface area contributed by atoms with Crippen molar-refractivity contribution in [3.63, 3.8) is 0 Å². The summed E-state index contributed by atoms with van der Waals surface area (Å²) in [6.07, 6.45) is 2.74. The SMILES string of the molecule is COc1ccc(-c2c[nH]c(=O)c(Nc3nc(N4C[C@@H](C)O[C@@H](C)C4)ncc3F)c2)cc1. The average Bonchev–Trinajstić information content (AvgIpc) is 2.76. The largest absolute Gasteiger partial charge is 0.497 e. The quantitative estimate of drug-likeness (QED) is 0.648. The number of nitrogens with zero attached hydrogens (tertiary/aromatic N) is 3. The molecule has 1 aliphatic heterocycles. The zero-order valence-electron chi connectivity index (χ0n) is 17.6. The highest BCUT2D eigenvalue weighted by molar-refractivity contribution is 5.69. The molecule has 0 aliphatic carbocycles. The number of H-pyrrole nitrogens is 1. The minimum atomic E-state index is -0.646. The molecule has 0 radical (unpaired) electrons. The highest BCUT2D eigenvalue weighted by Crippen LogP contribution is 2.25. The topological polar surface area (TPSA) is 92.4 Å². The maximum Gasteiger partial charge on any atom is 0.271 e. The number of nitrogens with one attached hydrogen (secondary N) is 2. The van der Waals surface area contributed by atoms with Crippen molar-refractivity contribution in [3.05, 3.63) is 58.9 Å². The monoisotopic (exact) mass is 425 g/mol. The second-order valence-corrected chi connectivity index (χ2v) is 7.51. The van der Waals surface area contributed by atoms with Crippen LogP contribution in [0.1, 0.15) is 13.8 Å². The first kappa shape index (κ1) is 20.8. The fourth-order valence-corrected chi connectivity index (χ4v) is 3.59. The van der Waals surface area contributed by atoms with Gasteiger partial charge in [-0.05, 0) is 37.6 Å². The molecule has 3 aromatic rings. The average molecular weight is 425 g/mol. The van der Waals surface area contributed by atoms with Crippen LogP contribution in [0, 0.1) is 5.82 Å². The van der Waals surface area contributed by atoms with Crippen LogP contribution in [0.4, 0.5) is 21.8 Å². The van der Waals surface area contributed by atoms with Gasteiger partial charge in [0.1, 0.15) is 11.4 Å². The Bertz CT molecular complexity index is 1110. The van der Waals surface area contributed by atoms with Crippen LogP contribution in [-0.2, 0) is 4.74 Å². The van der Waals surface area contributed by atoms with Crippen LogP contribution < -0.4 is 20.5 Å². The van der Waals surface area contributed by atoms with E-state index in [1.807, 2.05) is 43.0 Å². The lowest BCUT2D eigenvalue weighted by atomic mass is 10.1. The van der Waals surface area contributed by atoms with E-state index in [2.05, 4.69) is 20.3 Å². The van der Waals surface area contributed by atoms with E-state index in [-0.39, 0.29) is 29.3 Å². The molecule has 9 heteroatoms. The standard InChI is InChI=1S/C22H24FN5O3/c1-13-11-28(12-14(2)31-13)22-25-10-18(23)20(27-22)26-19-8-16(9-24-21(19)29)15-4-6-17(30-3)7-5-15/h4-10,13-14H,11-12H2,1-3H3,(H,24,29)(H,25,26,27)/t13-,14+. The molecule has 0 saturated carbocycles. The first-order chi connectivity index (χ1) is 14.9. The number of rotatable bonds is 5. The molecular weight excluding hydrogens is 401 g/mol. The number of hydrogen-bond acceptors (Lipinski definition) is 7. The van der Waals surface area contributed by atoms with Crippen LogP contribution in [0.5, 0.6) is 5.75 Å². The summed E-state index contributed by atoms with van der Waals surface area (Å²) in [5.41, 5.74) is 1.43. The van der Waals surface area contributed by atoms with Crippen LogP contribution >= 0.6 is 0 Å². The van der Waals surface area contributed by atoms with Gasteiger partial charge in [-0.15, -0.1) is 0 Å². The second-order valence-electron chi connectivity index (χ2n) is 7.51. The molecule has 8 nitrogen and oxygen atoms in total. The normalized spacial score (nSPS) is 18.6. The summed E-state index contributed by atoms with van der Waals surface area (Å²) in [6.45, 7) is 5.14. The summed E-state index contributed by atoms with van der Waals surface area (Å²) < 4.78 is 25.4. The molecule has 3 heterocycles. The highest BCUT2D eigenvalue weighted by atomic mass is 19.1. The lowest BCUT2D eigenvalue weighted by molar-refractivity contribution is -0.00572. The van der Waals surface area contributed by atoms with Gasteiger partial charge in [-0.25, -0.2) is 9.37 Å². The number of methoxy groups -OCH3 is 1. The van der Waals surface area contributed by atoms with Crippen LogP contribution in [0.3, 0.4) is 0 Å². The molecule has 2 atom stereocenters. The van der Waals surface area contributed by atoms with Crippen molar-refractivity contribution in [2.45, 2.75) is 26.1 Å². The van der Waals surface area contributed by atoms with Crippen LogP contribution in [0.15, 0.2) is 47.5 Å². The molecule has 0 amide bonds. The lowest BCUT2D eigenvalue weighted by Crippen LogP contribution is -2.46. The van der Waals surface area contributed by atoms with Gasteiger partial charge in [0, 0.05) is 24.8 Å². The zero-order chi connectivity index (χ0) is 22.0. The van der Waals surface area contributed by atoms with Gasteiger partial charge in [0.2, 0.25) is 5.95 Å². The minimum absolute atomic E-state index is 0.0119. The Morgan fingerprint density at radius 1 is 1.19 bits per heavy atom. The van der Waals surface area contributed by atoms with Crippen molar-refractivity contribution in [2.75, 3.05) is 30.4 Å². The number of hydrogen-bond donors (Lipinski definition) is 2. The van der Waals surface area contributed by atoms with Crippen molar-refractivity contribution < 1.29 is 13.9 Å². The van der Waals surface area contributed by atoms with Crippen molar-refractivity contribution >= 4 is 17.5 Å². The summed E-state index contributed by atoms with van der Waals surface area (Å²) in [6, 6.07) is 9.06. The van der Waals surface area contributed by atoms with Gasteiger partial charge in [0.05, 0.1) is 25.5 Å². The Balaban J connectivity index is 1.62. The van der Waals surface area contributed by atoms with E-state index in [0.29, 0.717) is 19.0 Å². The summed E-state index contributed by atoms with van der Waals surface area (Å²) in [5.74, 6) is 0.407. The second kappa shape index (κ2) is 8.73. The molecule has 1 aromatic carbocycles. The van der Waals surface area contributed by atoms with Crippen LogP contribution in [0.25, 0.3) is 11.1 Å². The van der Waals surface area contributed by atoms with Gasteiger partial charge in [-0.2, -0.15) is 4.98 Å². The molecule has 0 spiro atoms. The Morgan fingerprint density at radius 2 is 1.90 bits per heavy atom. The van der Waals surface area contributed by atoms with Crippen molar-refractivity contribution in [1.29, 1.82) is 0 Å². The third kappa shape index (κ3) is 4.66. The van der Waals surface area contributed by atoms with Crippen molar-refractivity contribution in [1.82, 2.24) is 15.0 Å². The van der Waals surface area contributed by atoms with Gasteiger partial charge in [0.25, 0.3) is 5.56 Å². The lowest BCUT2D eigenvalue weighted by Gasteiger charge is -2.35. The fraction of sp³-hybridized carbons (Fsp3) is 0.318. The fourth-order valence-electron chi connectivity index (χ4n) is 3.59. The van der Waals surface area contributed by atoms with E-state index in [1.165, 1.54) is 0 Å². The van der Waals surface area contributed by atoms with E-state index >= 15 is 0 Å². The third-order valence-corrected chi connectivity index (χ3v) is 5.01. The first-order valence-electron chi connectivity index (χ1n) is 10.00. The molecule has 31 heavy (non-hydrogen) atoms. The molecule has 162 valence electrons. The molecule has 1 saturated heterocycles. The molecular formula is C22H24FN5O3. The number of morpholine rings is 1. The molecule has 1 aliphatic rings. The molecule has 2 N–H and O–H groups in total. The Labute approximate surface area is 179 Å². The molecule has 2 aromatic heterocycles. The Morgan fingerprint density at radius 3 is 2.58 bits per heavy atom. The van der Waals surface area contributed by atoms with Crippen molar-refractivity contribution in [3.8, 4) is 16.9 Å². The molecule has 0 unspecified atom stereocenters. The number of aromatic nitrogens is 3. The zero-order valence-corrected chi connectivity index (χ0v) is 17.6. The van der Waals surface area contributed by atoms with E-state index in [9.17, 15) is 9.18 Å². The van der Waals surface area contributed by atoms with Gasteiger partial charge in [-0.3, -0.25) is 4.79 Å². The van der Waals surface area contributed by atoms with E-state index < -0.39 is 5.82 Å². The minimum Gasteiger partial charge on any atom is -0.497 e. The molecule has 0 bridgehead atoms. The maximum absolute atomic E-state index is 14.5. The number of aromatic amines is 1. The predicted octanol–water partition coefficient (Wildman–Crippen LogP) is 3.34. The summed E-state index contributed by atoms with van der Waals surface area (Å²) in [4.78, 5) is 25.4. The van der Waals surface area contributed by atoms with Crippen molar-refractivity contribution in [2.24, 2.45) is 0 Å². The van der Waals surface area contributed by atoms with Gasteiger partial charge >= 0.3 is 0 Å².